The van der Waals surface area contributed by atoms with Gasteiger partial charge >= 0.3 is 5.51 Å². The summed E-state index contributed by atoms with van der Waals surface area (Å²) in [5.74, 6) is 0.187. The highest BCUT2D eigenvalue weighted by Crippen LogP contribution is 2.30. The maximum Gasteiger partial charge on any atom is 0.441 e. The van der Waals surface area contributed by atoms with Crippen molar-refractivity contribution < 1.29 is 13.2 Å². The topological polar surface area (TPSA) is 43.8 Å². The molecule has 0 aliphatic rings. The zero-order valence-electron chi connectivity index (χ0n) is 6.58. The highest BCUT2D eigenvalue weighted by molar-refractivity contribution is 8.00. The van der Waals surface area contributed by atoms with E-state index in [4.69, 9.17) is 5.73 Å². The van der Waals surface area contributed by atoms with Crippen LogP contribution in [0.5, 0.6) is 0 Å². The Morgan fingerprint density at radius 1 is 1.54 bits per heavy atom. The lowest BCUT2D eigenvalue weighted by atomic mass is 10.7. The van der Waals surface area contributed by atoms with E-state index < -0.39 is 5.51 Å². The molecule has 0 spiro atoms. The van der Waals surface area contributed by atoms with Crippen LogP contribution in [0.2, 0.25) is 0 Å². The minimum Gasteiger partial charge on any atom is -0.369 e. The second-order valence-corrected chi connectivity index (χ2v) is 3.43. The fourth-order valence-corrected chi connectivity index (χ4v) is 1.31. The number of nitrogens with zero attached hydrogens (tertiary/aromatic N) is 2. The molecule has 0 amide bonds. The molecule has 7 heteroatoms. The average molecular weight is 211 g/mol. The molecule has 1 rings (SSSR count). The van der Waals surface area contributed by atoms with Crippen LogP contribution in [-0.2, 0) is 6.54 Å². The summed E-state index contributed by atoms with van der Waals surface area (Å²) in [6.07, 6.45) is 3.00. The first-order chi connectivity index (χ1) is 5.99. The third kappa shape index (κ3) is 3.58. The number of halogens is 3. The smallest absolute Gasteiger partial charge is 0.369 e. The lowest BCUT2D eigenvalue weighted by Gasteiger charge is -2.06. The molecule has 0 aliphatic heterocycles. The second kappa shape index (κ2) is 3.91. The molecule has 0 atom stereocenters. The van der Waals surface area contributed by atoms with E-state index >= 15 is 0 Å². The molecule has 2 N–H and O–H groups in total. The summed E-state index contributed by atoms with van der Waals surface area (Å²) in [5.41, 5.74) is 1.18. The number of hydrogen-bond acceptors (Lipinski definition) is 3. The summed E-state index contributed by atoms with van der Waals surface area (Å²) in [4.78, 5) is 3.68. The van der Waals surface area contributed by atoms with Gasteiger partial charge < -0.3 is 10.3 Å². The summed E-state index contributed by atoms with van der Waals surface area (Å²) in [6.45, 7) is 0.218. The monoisotopic (exact) mass is 211 g/mol. The molecular formula is C6H8F3N3S. The molecule has 0 saturated carbocycles. The molecule has 0 fully saturated rings. The molecule has 1 heterocycles. The number of rotatable bonds is 3. The highest BCUT2D eigenvalue weighted by atomic mass is 32.2. The Hall–Kier alpha value is -0.850. The van der Waals surface area contributed by atoms with Crippen LogP contribution in [0.4, 0.5) is 19.1 Å². The van der Waals surface area contributed by atoms with Crippen molar-refractivity contribution in [1.82, 2.24) is 9.55 Å². The predicted molar refractivity (Wildman–Crippen MR) is 45.2 cm³/mol. The van der Waals surface area contributed by atoms with Crippen LogP contribution in [-0.4, -0.2) is 20.8 Å². The number of hydrogen-bond donors (Lipinski definition) is 1. The molecule has 0 saturated heterocycles. The van der Waals surface area contributed by atoms with Gasteiger partial charge in [-0.2, -0.15) is 13.2 Å². The van der Waals surface area contributed by atoms with E-state index in [2.05, 4.69) is 4.98 Å². The van der Waals surface area contributed by atoms with Crippen molar-refractivity contribution in [3.8, 4) is 0 Å². The lowest BCUT2D eigenvalue weighted by molar-refractivity contribution is -0.0328. The van der Waals surface area contributed by atoms with Crippen LogP contribution in [0.1, 0.15) is 0 Å². The van der Waals surface area contributed by atoms with E-state index in [1.807, 2.05) is 0 Å². The fraction of sp³-hybridized carbons (Fsp3) is 0.500. The molecule has 74 valence electrons. The maximum absolute atomic E-state index is 11.7. The van der Waals surface area contributed by atoms with Gasteiger partial charge in [0.1, 0.15) is 0 Å². The van der Waals surface area contributed by atoms with Gasteiger partial charge in [0.25, 0.3) is 0 Å². The molecule has 0 unspecified atom stereocenters. The fourth-order valence-electron chi connectivity index (χ4n) is 0.790. The van der Waals surface area contributed by atoms with Gasteiger partial charge in [0.05, 0.1) is 0 Å². The van der Waals surface area contributed by atoms with E-state index in [0.717, 1.165) is 0 Å². The zero-order chi connectivity index (χ0) is 9.90. The summed E-state index contributed by atoms with van der Waals surface area (Å²) in [7, 11) is 0. The Bertz CT molecular complexity index is 270. The van der Waals surface area contributed by atoms with Crippen LogP contribution in [0.3, 0.4) is 0 Å². The number of aryl methyl sites for hydroxylation is 1. The summed E-state index contributed by atoms with van der Waals surface area (Å²) < 4.78 is 36.5. The zero-order valence-corrected chi connectivity index (χ0v) is 7.40. The van der Waals surface area contributed by atoms with Crippen molar-refractivity contribution in [2.75, 3.05) is 11.5 Å². The van der Waals surface area contributed by atoms with E-state index in [1.54, 1.807) is 6.20 Å². The number of nitrogen functional groups attached to an aromatic ring is 1. The molecule has 3 nitrogen and oxygen atoms in total. The normalized spacial score (nSPS) is 11.9. The lowest BCUT2D eigenvalue weighted by Crippen LogP contribution is -2.08. The molecule has 0 bridgehead atoms. The second-order valence-electron chi connectivity index (χ2n) is 2.27. The molecule has 1 aromatic heterocycles. The molecular weight excluding hydrogens is 203 g/mol. The van der Waals surface area contributed by atoms with Gasteiger partial charge in [-0.25, -0.2) is 4.98 Å². The van der Waals surface area contributed by atoms with Gasteiger partial charge in [0.2, 0.25) is 0 Å². The molecule has 0 radical (unpaired) electrons. The van der Waals surface area contributed by atoms with Crippen molar-refractivity contribution in [2.45, 2.75) is 12.1 Å². The first kappa shape index (κ1) is 10.2. The van der Waals surface area contributed by atoms with E-state index in [-0.39, 0.29) is 30.0 Å². The standard InChI is InChI=1S/C6H8F3N3S/c7-6(8,9)13-4-3-12-2-1-11-5(12)10/h1-2H,3-4H2,(H2,10,11). The van der Waals surface area contributed by atoms with Crippen molar-refractivity contribution in [3.05, 3.63) is 12.4 Å². The number of thioether (sulfide) groups is 1. The van der Waals surface area contributed by atoms with E-state index in [0.29, 0.717) is 0 Å². The quantitative estimate of drug-likeness (QED) is 0.827. The van der Waals surface area contributed by atoms with E-state index in [9.17, 15) is 13.2 Å². The summed E-state index contributed by atoms with van der Waals surface area (Å²) >= 11 is -0.0637. The third-order valence-corrected chi connectivity index (χ3v) is 2.06. The third-order valence-electron chi connectivity index (χ3n) is 1.35. The van der Waals surface area contributed by atoms with Gasteiger partial charge in [-0.3, -0.25) is 0 Å². The van der Waals surface area contributed by atoms with Crippen molar-refractivity contribution >= 4 is 17.7 Å². The first-order valence-electron chi connectivity index (χ1n) is 3.46. The molecule has 1 aromatic rings. The number of alkyl halides is 3. The highest BCUT2D eigenvalue weighted by Gasteiger charge is 2.27. The Labute approximate surface area is 77.1 Å². The van der Waals surface area contributed by atoms with Gasteiger partial charge in [0, 0.05) is 24.7 Å². The van der Waals surface area contributed by atoms with Gasteiger partial charge in [0.15, 0.2) is 5.95 Å². The average Bonchev–Trinajstić information content (AvgIpc) is 2.34. The van der Waals surface area contributed by atoms with Gasteiger partial charge in [-0.05, 0) is 11.8 Å². The molecule has 13 heavy (non-hydrogen) atoms. The molecule has 0 aromatic carbocycles. The van der Waals surface area contributed by atoms with Crippen LogP contribution >= 0.6 is 11.8 Å². The Morgan fingerprint density at radius 3 is 2.69 bits per heavy atom. The largest absolute Gasteiger partial charge is 0.441 e. The minimum absolute atomic E-state index is 0.0515. The predicted octanol–water partition coefficient (Wildman–Crippen LogP) is 1.72. The number of aromatic nitrogens is 2. The Balaban J connectivity index is 2.32. The van der Waals surface area contributed by atoms with Gasteiger partial charge in [-0.1, -0.05) is 0 Å². The minimum atomic E-state index is -4.17. The van der Waals surface area contributed by atoms with Crippen LogP contribution in [0.25, 0.3) is 0 Å². The van der Waals surface area contributed by atoms with Crippen LogP contribution in [0.15, 0.2) is 12.4 Å². The summed E-state index contributed by atoms with van der Waals surface area (Å²) in [5, 5.41) is 0. The van der Waals surface area contributed by atoms with E-state index in [1.165, 1.54) is 10.8 Å². The number of nitrogens with two attached hydrogens (primary N) is 1. The van der Waals surface area contributed by atoms with Gasteiger partial charge in [-0.15, -0.1) is 0 Å². The molecule has 0 aliphatic carbocycles. The number of anilines is 1. The number of imidazole rings is 1. The van der Waals surface area contributed by atoms with Crippen LogP contribution < -0.4 is 5.73 Å². The SMILES string of the molecule is Nc1nccn1CCSC(F)(F)F. The Morgan fingerprint density at radius 2 is 2.23 bits per heavy atom. The van der Waals surface area contributed by atoms with Crippen molar-refractivity contribution in [3.63, 3.8) is 0 Å². The summed E-state index contributed by atoms with van der Waals surface area (Å²) in [6, 6.07) is 0. The van der Waals surface area contributed by atoms with Crippen molar-refractivity contribution in [1.29, 1.82) is 0 Å². The van der Waals surface area contributed by atoms with Crippen molar-refractivity contribution in [2.24, 2.45) is 0 Å². The maximum atomic E-state index is 11.7. The Kier molecular flexibility index (Phi) is 3.07. The van der Waals surface area contributed by atoms with Crippen LogP contribution in [0, 0.1) is 0 Å². The first-order valence-corrected chi connectivity index (χ1v) is 4.45.